The zero-order valence-corrected chi connectivity index (χ0v) is 13.7. The second-order valence-electron chi connectivity index (χ2n) is 5.91. The highest BCUT2D eigenvalue weighted by Gasteiger charge is 2.26. The Bertz CT molecular complexity index is 658. The van der Waals surface area contributed by atoms with Gasteiger partial charge in [-0.25, -0.2) is 0 Å². The molecule has 118 valence electrons. The largest absolute Gasteiger partial charge is 0.504 e. The van der Waals surface area contributed by atoms with Crippen LogP contribution in [0.25, 0.3) is 0 Å². The Morgan fingerprint density at radius 3 is 2.50 bits per heavy atom. The molecule has 0 aliphatic carbocycles. The predicted octanol–water partition coefficient (Wildman–Crippen LogP) is 3.45. The summed E-state index contributed by atoms with van der Waals surface area (Å²) >= 11 is 0. The quantitative estimate of drug-likeness (QED) is 0.791. The van der Waals surface area contributed by atoms with E-state index in [2.05, 4.69) is 24.1 Å². The minimum Gasteiger partial charge on any atom is -0.504 e. The normalized spacial score (nSPS) is 18.2. The summed E-state index contributed by atoms with van der Waals surface area (Å²) in [5.41, 5.74) is 4.36. The lowest BCUT2D eigenvalue weighted by atomic mass is 9.86. The molecule has 0 aromatic heterocycles. The Morgan fingerprint density at radius 2 is 1.82 bits per heavy atom. The first-order valence-electron chi connectivity index (χ1n) is 7.35. The molecule has 3 nitrogen and oxygen atoms in total. The number of aromatic hydroxyl groups is 2. The molecular weight excluding hydrogens is 298 g/mol. The van der Waals surface area contributed by atoms with Crippen molar-refractivity contribution in [2.24, 2.45) is 0 Å². The van der Waals surface area contributed by atoms with Gasteiger partial charge in [0.2, 0.25) is 0 Å². The Morgan fingerprint density at radius 1 is 1.14 bits per heavy atom. The van der Waals surface area contributed by atoms with Gasteiger partial charge in [-0.3, -0.25) is 0 Å². The number of phenolic OH excluding ortho intramolecular Hbond substituents is 2. The van der Waals surface area contributed by atoms with E-state index in [1.165, 1.54) is 11.1 Å². The highest BCUT2D eigenvalue weighted by molar-refractivity contribution is 5.85. The molecular formula is C18H22ClNO2. The van der Waals surface area contributed by atoms with Gasteiger partial charge in [-0.05, 0) is 48.7 Å². The molecule has 1 aliphatic rings. The lowest BCUT2D eigenvalue weighted by Crippen LogP contribution is -2.24. The maximum absolute atomic E-state index is 10.0. The Labute approximate surface area is 137 Å². The number of benzene rings is 2. The molecule has 1 heterocycles. The Hall–Kier alpha value is -1.71. The number of phenols is 2. The fraction of sp³-hybridized carbons (Fsp3) is 0.333. The molecule has 2 aromatic carbocycles. The van der Waals surface area contributed by atoms with Crippen LogP contribution in [0.15, 0.2) is 36.4 Å². The Balaban J connectivity index is 0.00000176. The topological polar surface area (TPSA) is 43.7 Å². The van der Waals surface area contributed by atoms with Crippen LogP contribution in [0, 0.1) is 6.92 Å². The molecule has 0 radical (unpaired) electrons. The molecule has 1 atom stereocenters. The van der Waals surface area contributed by atoms with Crippen molar-refractivity contribution in [2.75, 3.05) is 20.1 Å². The summed E-state index contributed by atoms with van der Waals surface area (Å²) in [5, 5.41) is 20.0. The molecule has 0 amide bonds. The van der Waals surface area contributed by atoms with Gasteiger partial charge in [-0.1, -0.05) is 30.3 Å². The molecule has 3 rings (SSSR count). The van der Waals surface area contributed by atoms with Crippen LogP contribution in [0.2, 0.25) is 0 Å². The summed E-state index contributed by atoms with van der Waals surface area (Å²) in [6.07, 6.45) is 0.898. The van der Waals surface area contributed by atoms with Crippen LogP contribution in [-0.2, 0) is 6.42 Å². The van der Waals surface area contributed by atoms with Crippen LogP contribution in [0.4, 0.5) is 0 Å². The minimum absolute atomic E-state index is 0. The first-order chi connectivity index (χ1) is 10.1. The van der Waals surface area contributed by atoms with E-state index in [1.807, 2.05) is 25.1 Å². The van der Waals surface area contributed by atoms with Crippen molar-refractivity contribution in [2.45, 2.75) is 19.3 Å². The summed E-state index contributed by atoms with van der Waals surface area (Å²) in [4.78, 5) is 2.31. The van der Waals surface area contributed by atoms with Gasteiger partial charge >= 0.3 is 0 Å². The Kier molecular flexibility index (Phi) is 4.99. The smallest absolute Gasteiger partial charge is 0.160 e. The van der Waals surface area contributed by atoms with Gasteiger partial charge in [0.05, 0.1) is 0 Å². The van der Waals surface area contributed by atoms with Gasteiger partial charge in [0, 0.05) is 19.0 Å². The zero-order valence-electron chi connectivity index (χ0n) is 12.9. The van der Waals surface area contributed by atoms with Crippen LogP contribution in [0.1, 0.15) is 28.2 Å². The predicted molar refractivity (Wildman–Crippen MR) is 91.2 cm³/mol. The number of fused-ring (bicyclic) bond motifs is 1. The van der Waals surface area contributed by atoms with Gasteiger partial charge in [0.15, 0.2) is 11.5 Å². The van der Waals surface area contributed by atoms with Gasteiger partial charge in [0.1, 0.15) is 0 Å². The number of rotatable bonds is 1. The van der Waals surface area contributed by atoms with Gasteiger partial charge < -0.3 is 15.1 Å². The van der Waals surface area contributed by atoms with E-state index in [1.54, 1.807) is 6.07 Å². The van der Waals surface area contributed by atoms with E-state index in [4.69, 9.17) is 0 Å². The number of halogens is 1. The van der Waals surface area contributed by atoms with Crippen LogP contribution < -0.4 is 0 Å². The molecule has 22 heavy (non-hydrogen) atoms. The van der Waals surface area contributed by atoms with E-state index < -0.39 is 0 Å². The molecule has 1 aliphatic heterocycles. The summed E-state index contributed by atoms with van der Waals surface area (Å²) in [7, 11) is 2.12. The summed E-state index contributed by atoms with van der Waals surface area (Å²) in [5.74, 6) is 0.223. The molecule has 0 saturated carbocycles. The monoisotopic (exact) mass is 319 g/mol. The van der Waals surface area contributed by atoms with Crippen molar-refractivity contribution in [1.82, 2.24) is 4.90 Å². The highest BCUT2D eigenvalue weighted by atomic mass is 35.5. The number of likely N-dealkylation sites (N-methyl/N-ethyl adjacent to an activating group) is 1. The molecule has 0 saturated heterocycles. The number of hydrogen-bond donors (Lipinski definition) is 2. The van der Waals surface area contributed by atoms with Crippen LogP contribution in [-0.4, -0.2) is 35.3 Å². The van der Waals surface area contributed by atoms with Crippen molar-refractivity contribution < 1.29 is 10.2 Å². The van der Waals surface area contributed by atoms with Crippen molar-refractivity contribution in [1.29, 1.82) is 0 Å². The lowest BCUT2D eigenvalue weighted by molar-refractivity contribution is 0.338. The van der Waals surface area contributed by atoms with Crippen molar-refractivity contribution in [3.63, 3.8) is 0 Å². The van der Waals surface area contributed by atoms with E-state index in [-0.39, 0.29) is 29.8 Å². The first kappa shape index (κ1) is 16.7. The maximum Gasteiger partial charge on any atom is 0.160 e. The van der Waals surface area contributed by atoms with E-state index >= 15 is 0 Å². The average molecular weight is 320 g/mol. The number of nitrogens with zero attached hydrogens (tertiary/aromatic N) is 1. The molecule has 2 aromatic rings. The summed E-state index contributed by atoms with van der Waals surface area (Å²) in [6.45, 7) is 3.77. The summed E-state index contributed by atoms with van der Waals surface area (Å²) in [6, 6.07) is 12.1. The zero-order chi connectivity index (χ0) is 15.0. The molecule has 0 bridgehead atoms. The number of hydrogen-bond acceptors (Lipinski definition) is 3. The first-order valence-corrected chi connectivity index (χ1v) is 7.35. The van der Waals surface area contributed by atoms with Crippen LogP contribution in [0.3, 0.4) is 0 Å². The molecule has 0 spiro atoms. The third-order valence-electron chi connectivity index (χ3n) is 4.51. The second-order valence-corrected chi connectivity index (χ2v) is 5.91. The summed E-state index contributed by atoms with van der Waals surface area (Å²) < 4.78 is 0. The highest BCUT2D eigenvalue weighted by Crippen LogP contribution is 2.40. The fourth-order valence-electron chi connectivity index (χ4n) is 3.27. The van der Waals surface area contributed by atoms with Crippen molar-refractivity contribution in [3.05, 3.63) is 58.7 Å². The van der Waals surface area contributed by atoms with Crippen LogP contribution in [0.5, 0.6) is 11.5 Å². The van der Waals surface area contributed by atoms with Gasteiger partial charge in [-0.15, -0.1) is 12.4 Å². The van der Waals surface area contributed by atoms with E-state index in [0.717, 1.165) is 30.6 Å². The van der Waals surface area contributed by atoms with Crippen LogP contribution >= 0.6 is 12.4 Å². The van der Waals surface area contributed by atoms with Crippen molar-refractivity contribution >= 4 is 12.4 Å². The lowest BCUT2D eigenvalue weighted by Gasteiger charge is -2.23. The standard InChI is InChI=1S/C18H21NO2.ClH/c1-12-14-8-9-19(2)11-16(13-6-4-3-5-7-13)15(14)10-17(20)18(12)21;/h3-7,10,16,20-21H,8-9,11H2,1-2H3;1H. The van der Waals surface area contributed by atoms with Gasteiger partial charge in [-0.2, -0.15) is 0 Å². The molecule has 4 heteroatoms. The molecule has 1 unspecified atom stereocenters. The molecule has 2 N–H and O–H groups in total. The van der Waals surface area contributed by atoms with Crippen molar-refractivity contribution in [3.8, 4) is 11.5 Å². The average Bonchev–Trinajstić information content (AvgIpc) is 2.65. The maximum atomic E-state index is 10.0. The molecule has 0 fully saturated rings. The third kappa shape index (κ3) is 2.92. The fourth-order valence-corrected chi connectivity index (χ4v) is 3.27. The van der Waals surface area contributed by atoms with Gasteiger partial charge in [0.25, 0.3) is 0 Å². The van der Waals surface area contributed by atoms with E-state index in [0.29, 0.717) is 0 Å². The minimum atomic E-state index is -0.0169. The SMILES string of the molecule is Cc1c(O)c(O)cc2c1CCN(C)CC2c1ccccc1.Cl. The second kappa shape index (κ2) is 6.59. The van der Waals surface area contributed by atoms with E-state index in [9.17, 15) is 10.2 Å². The third-order valence-corrected chi connectivity index (χ3v) is 4.51.